The van der Waals surface area contributed by atoms with Crippen LogP contribution < -0.4 is 20.9 Å². The van der Waals surface area contributed by atoms with E-state index in [1.165, 1.54) is 12.1 Å². The first-order valence-electron chi connectivity index (χ1n) is 18.6. The van der Waals surface area contributed by atoms with Gasteiger partial charge in [0, 0.05) is 88.7 Å². The summed E-state index contributed by atoms with van der Waals surface area (Å²) in [6.45, 7) is 6.67. The molecule has 1 unspecified atom stereocenters. The number of nitrogens with one attached hydrogen (secondary N) is 4. The molecular formula is C38H36Cl2F3N9O5. The molecule has 4 fully saturated rings. The molecule has 4 aromatic rings. The number of likely N-dealkylation sites (tertiary alicyclic amines) is 2. The minimum absolute atomic E-state index is 0.0143. The average molecular weight is 827 g/mol. The molecule has 6 heterocycles. The van der Waals surface area contributed by atoms with Crippen molar-refractivity contribution in [2.24, 2.45) is 0 Å². The Morgan fingerprint density at radius 3 is 2.30 bits per heavy atom. The van der Waals surface area contributed by atoms with E-state index in [2.05, 4.69) is 40.6 Å². The number of rotatable bonds is 10. The van der Waals surface area contributed by atoms with E-state index < -0.39 is 41.4 Å². The number of piperidine rings is 1. The number of halogens is 5. The van der Waals surface area contributed by atoms with E-state index in [-0.39, 0.29) is 57.2 Å². The van der Waals surface area contributed by atoms with Gasteiger partial charge in [0.1, 0.15) is 17.6 Å². The molecule has 57 heavy (non-hydrogen) atoms. The minimum Gasteiger partial charge on any atom is -0.507 e. The summed E-state index contributed by atoms with van der Waals surface area (Å²) in [7, 11) is 0. The fourth-order valence-corrected chi connectivity index (χ4v) is 8.72. The number of carbonyl (C=O) groups excluding carboxylic acids is 4. The number of alkyl halides is 3. The van der Waals surface area contributed by atoms with Crippen LogP contribution in [0.1, 0.15) is 39.1 Å². The van der Waals surface area contributed by atoms with Crippen LogP contribution in [0.25, 0.3) is 22.4 Å². The monoisotopic (exact) mass is 825 g/mol. The van der Waals surface area contributed by atoms with Crippen LogP contribution in [0.15, 0.2) is 42.5 Å². The zero-order valence-corrected chi connectivity index (χ0v) is 31.6. The van der Waals surface area contributed by atoms with Crippen molar-refractivity contribution in [2.75, 3.05) is 62.6 Å². The molecule has 0 spiro atoms. The smallest absolute Gasteiger partial charge is 0.416 e. The molecule has 9 rings (SSSR count). The second-order valence-electron chi connectivity index (χ2n) is 15.2. The van der Waals surface area contributed by atoms with Gasteiger partial charge in [0.2, 0.25) is 11.8 Å². The number of phenols is 1. The molecule has 0 radical (unpaired) electrons. The number of amides is 4. The van der Waals surface area contributed by atoms with Crippen LogP contribution in [-0.4, -0.2) is 130 Å². The summed E-state index contributed by atoms with van der Waals surface area (Å²) in [5, 5.41) is 19.9. The third kappa shape index (κ3) is 6.84. The van der Waals surface area contributed by atoms with E-state index in [9.17, 15) is 37.5 Å². The molecular weight excluding hydrogens is 790 g/mol. The molecule has 3 aromatic carbocycles. The molecule has 4 amide bonds. The zero-order chi connectivity index (χ0) is 39.9. The van der Waals surface area contributed by atoms with Gasteiger partial charge in [-0.2, -0.15) is 13.2 Å². The molecule has 0 saturated carbocycles. The van der Waals surface area contributed by atoms with Gasteiger partial charge in [-0.1, -0.05) is 23.2 Å². The Morgan fingerprint density at radius 1 is 0.842 bits per heavy atom. The van der Waals surface area contributed by atoms with Crippen molar-refractivity contribution in [3.63, 3.8) is 0 Å². The Labute approximate surface area is 333 Å². The number of carbonyl (C=O) groups is 4. The van der Waals surface area contributed by atoms with Gasteiger partial charge in [-0.05, 0) is 42.8 Å². The Kier molecular flexibility index (Phi) is 9.35. The molecule has 1 atom stereocenters. The molecule has 298 valence electrons. The lowest BCUT2D eigenvalue weighted by Gasteiger charge is -2.57. The Hall–Kier alpha value is -4.94. The summed E-state index contributed by atoms with van der Waals surface area (Å²) in [6, 6.07) is 10.2. The third-order valence-corrected chi connectivity index (χ3v) is 12.2. The van der Waals surface area contributed by atoms with Gasteiger partial charge in [0.15, 0.2) is 0 Å². The lowest BCUT2D eigenvalue weighted by molar-refractivity contribution is -0.138. The lowest BCUT2D eigenvalue weighted by atomic mass is 9.94. The normalized spacial score (nSPS) is 21.2. The highest BCUT2D eigenvalue weighted by atomic mass is 35.5. The van der Waals surface area contributed by atoms with Gasteiger partial charge in [0.05, 0.1) is 49.0 Å². The Bertz CT molecular complexity index is 2340. The predicted molar refractivity (Wildman–Crippen MR) is 205 cm³/mol. The first kappa shape index (κ1) is 37.6. The first-order chi connectivity index (χ1) is 27.2. The molecule has 5 aliphatic heterocycles. The zero-order valence-electron chi connectivity index (χ0n) is 30.1. The van der Waals surface area contributed by atoms with E-state index in [4.69, 9.17) is 23.2 Å². The van der Waals surface area contributed by atoms with E-state index in [0.29, 0.717) is 41.9 Å². The maximum Gasteiger partial charge on any atom is 0.416 e. The van der Waals surface area contributed by atoms with Gasteiger partial charge in [0.25, 0.3) is 11.8 Å². The summed E-state index contributed by atoms with van der Waals surface area (Å²) in [5.41, 5.74) is 1.46. The summed E-state index contributed by atoms with van der Waals surface area (Å²) in [5.74, 6) is -2.07. The molecule has 0 aliphatic carbocycles. The fourth-order valence-electron chi connectivity index (χ4n) is 8.23. The molecule has 5 aliphatic rings. The highest BCUT2D eigenvalue weighted by Crippen LogP contribution is 2.40. The summed E-state index contributed by atoms with van der Waals surface area (Å²) in [4.78, 5) is 65.4. The fraction of sp³-hybridized carbons (Fsp3) is 0.395. The quantitative estimate of drug-likeness (QED) is 0.116. The number of hydrogen-bond donors (Lipinski definition) is 5. The van der Waals surface area contributed by atoms with Gasteiger partial charge in [-0.15, -0.1) is 0 Å². The minimum atomic E-state index is -4.58. The van der Waals surface area contributed by atoms with Gasteiger partial charge < -0.3 is 25.6 Å². The average Bonchev–Trinajstić information content (AvgIpc) is 3.64. The first-order valence-corrected chi connectivity index (χ1v) is 19.3. The summed E-state index contributed by atoms with van der Waals surface area (Å²) < 4.78 is 39.7. The van der Waals surface area contributed by atoms with Crippen molar-refractivity contribution in [3.05, 3.63) is 69.2 Å². The maximum absolute atomic E-state index is 13.2. The number of fused-ring (bicyclic) bond motifs is 2. The summed E-state index contributed by atoms with van der Waals surface area (Å²) >= 11 is 12.6. The number of anilines is 2. The summed E-state index contributed by atoms with van der Waals surface area (Å²) in [6.07, 6.45) is -4.38. The van der Waals surface area contributed by atoms with Crippen molar-refractivity contribution in [1.29, 1.82) is 0 Å². The molecule has 4 saturated heterocycles. The van der Waals surface area contributed by atoms with E-state index in [1.807, 2.05) is 6.07 Å². The number of imide groups is 2. The molecule has 1 aromatic heterocycles. The number of imidazole rings is 1. The van der Waals surface area contributed by atoms with Crippen molar-refractivity contribution in [1.82, 2.24) is 35.3 Å². The van der Waals surface area contributed by atoms with Crippen LogP contribution in [0.4, 0.5) is 24.5 Å². The highest BCUT2D eigenvalue weighted by Gasteiger charge is 2.47. The van der Waals surface area contributed by atoms with Crippen LogP contribution in [0.2, 0.25) is 10.0 Å². The molecule has 0 bridgehead atoms. The number of aromatic nitrogens is 2. The highest BCUT2D eigenvalue weighted by molar-refractivity contribution is 6.35. The maximum atomic E-state index is 13.2. The Balaban J connectivity index is 0.697. The van der Waals surface area contributed by atoms with Crippen molar-refractivity contribution in [2.45, 2.75) is 43.2 Å². The van der Waals surface area contributed by atoms with Crippen LogP contribution in [0.5, 0.6) is 5.75 Å². The standard InChI is InChI=1S/C38H36Cl2F3N9O5/c39-26-10-25(34-46-29-8-18(38(41,42)43)7-27(40)33(29)48-34)31(53)11-28(26)45-6-5-44-19-12-49(13-19)21-16-51(17-21)22-14-50(15-22)20-1-2-23-24(9-20)37(57)52(36(23)56)30-3-4-32(54)47-35(30)55/h1-2,7-11,19,21-22,30,44-45,53H,3-6,12-17H2,(H,46,48)(H,47,54,55). The van der Waals surface area contributed by atoms with Gasteiger partial charge in [-0.3, -0.25) is 39.2 Å². The van der Waals surface area contributed by atoms with E-state index in [1.54, 1.807) is 12.1 Å². The Morgan fingerprint density at radius 2 is 1.56 bits per heavy atom. The lowest BCUT2D eigenvalue weighted by Crippen LogP contribution is -2.73. The van der Waals surface area contributed by atoms with Crippen molar-refractivity contribution < 1.29 is 37.5 Å². The van der Waals surface area contributed by atoms with Crippen molar-refractivity contribution in [3.8, 4) is 17.1 Å². The van der Waals surface area contributed by atoms with Gasteiger partial charge >= 0.3 is 6.18 Å². The molecule has 14 nitrogen and oxygen atoms in total. The second kappa shape index (κ2) is 14.2. The second-order valence-corrected chi connectivity index (χ2v) is 16.0. The number of hydrogen-bond acceptors (Lipinski definition) is 11. The predicted octanol–water partition coefficient (Wildman–Crippen LogP) is 3.92. The SMILES string of the molecule is O=C1CCC(N2C(=O)c3ccc(N4CC(N5CC(N6CC(NCCNc7cc(O)c(-c8nc9cc(C(F)(F)F)cc(Cl)c9[nH]8)cc7Cl)C6)C5)C4)cc3C2=O)C(=O)N1. The number of aromatic amines is 1. The molecule has 5 N–H and O–H groups in total. The number of H-pyrrole nitrogens is 1. The topological polar surface area (TPSA) is 166 Å². The third-order valence-electron chi connectivity index (χ3n) is 11.6. The number of aromatic hydroxyl groups is 1. The van der Waals surface area contributed by atoms with E-state index >= 15 is 0 Å². The van der Waals surface area contributed by atoms with Crippen LogP contribution in [0, 0.1) is 0 Å². The molecule has 19 heteroatoms. The number of benzene rings is 3. The van der Waals surface area contributed by atoms with Crippen LogP contribution >= 0.6 is 23.2 Å². The van der Waals surface area contributed by atoms with Crippen LogP contribution in [-0.2, 0) is 15.8 Å². The van der Waals surface area contributed by atoms with Crippen molar-refractivity contribution >= 4 is 69.2 Å². The number of phenolic OH excluding ortho intramolecular Hbond substituents is 1. The van der Waals surface area contributed by atoms with Gasteiger partial charge in [-0.25, -0.2) is 4.98 Å². The largest absolute Gasteiger partial charge is 0.507 e. The van der Waals surface area contributed by atoms with Crippen LogP contribution in [0.3, 0.4) is 0 Å². The number of nitrogens with zero attached hydrogens (tertiary/aromatic N) is 5. The van der Waals surface area contributed by atoms with E-state index in [0.717, 1.165) is 62.0 Å².